The van der Waals surface area contributed by atoms with E-state index in [0.717, 1.165) is 11.3 Å². The van der Waals surface area contributed by atoms with E-state index < -0.39 is 0 Å². The van der Waals surface area contributed by atoms with E-state index in [0.29, 0.717) is 35.8 Å². The molecule has 0 aliphatic heterocycles. The maximum absolute atomic E-state index is 11.9. The van der Waals surface area contributed by atoms with E-state index in [9.17, 15) is 9.59 Å². The third-order valence-electron chi connectivity index (χ3n) is 3.83. The van der Waals surface area contributed by atoms with Crippen molar-refractivity contribution in [3.05, 3.63) is 69.6 Å². The largest absolute Gasteiger partial charge is 0.352 e. The Hall–Kier alpha value is -2.64. The van der Waals surface area contributed by atoms with Crippen molar-refractivity contribution < 1.29 is 9.59 Å². The van der Waals surface area contributed by atoms with E-state index in [1.54, 1.807) is 29.1 Å². The third kappa shape index (κ3) is 5.67. The molecule has 0 aliphatic carbocycles. The minimum Gasteiger partial charge on any atom is -0.352 e. The molecule has 1 aromatic carbocycles. The summed E-state index contributed by atoms with van der Waals surface area (Å²) in [6.07, 6.45) is 4.53. The Morgan fingerprint density at radius 2 is 1.96 bits per heavy atom. The zero-order chi connectivity index (χ0) is 19.1. The Labute approximate surface area is 166 Å². The van der Waals surface area contributed by atoms with Gasteiger partial charge in [-0.1, -0.05) is 17.7 Å². The summed E-state index contributed by atoms with van der Waals surface area (Å²) in [6.45, 7) is 0.882. The third-order valence-corrected chi connectivity index (χ3v) is 4.95. The highest BCUT2D eigenvalue weighted by atomic mass is 35.5. The first-order valence-corrected chi connectivity index (χ1v) is 9.75. The number of nitrogens with zero attached hydrogens (tertiary/aromatic N) is 2. The fraction of sp³-hybridized carbons (Fsp3) is 0.211. The Morgan fingerprint density at radius 1 is 1.15 bits per heavy atom. The fourth-order valence-corrected chi connectivity index (χ4v) is 3.19. The van der Waals surface area contributed by atoms with Gasteiger partial charge in [-0.2, -0.15) is 5.10 Å². The number of amides is 2. The summed E-state index contributed by atoms with van der Waals surface area (Å²) in [5.41, 5.74) is 1.81. The average molecular weight is 403 g/mol. The van der Waals surface area contributed by atoms with Crippen LogP contribution in [0.4, 0.5) is 0 Å². The number of carbonyl (C=O) groups is 2. The second kappa shape index (κ2) is 9.34. The average Bonchev–Trinajstić information content (AvgIpc) is 3.36. The van der Waals surface area contributed by atoms with Crippen LogP contribution in [0.15, 0.2) is 54.2 Å². The van der Waals surface area contributed by atoms with Gasteiger partial charge in [-0.25, -0.2) is 4.68 Å². The highest BCUT2D eigenvalue weighted by Gasteiger charge is 2.07. The number of carbonyl (C=O) groups excluding carboxylic acids is 2. The Morgan fingerprint density at radius 3 is 2.70 bits per heavy atom. The van der Waals surface area contributed by atoms with Gasteiger partial charge in [-0.3, -0.25) is 9.59 Å². The van der Waals surface area contributed by atoms with Gasteiger partial charge in [0.2, 0.25) is 5.91 Å². The Balaban J connectivity index is 1.37. The quantitative estimate of drug-likeness (QED) is 0.567. The van der Waals surface area contributed by atoms with Crippen molar-refractivity contribution in [3.63, 3.8) is 0 Å². The van der Waals surface area contributed by atoms with Gasteiger partial charge in [0.15, 0.2) is 0 Å². The lowest BCUT2D eigenvalue weighted by atomic mass is 10.2. The molecule has 140 valence electrons. The lowest BCUT2D eigenvalue weighted by molar-refractivity contribution is -0.121. The molecule has 0 atom stereocenters. The van der Waals surface area contributed by atoms with E-state index >= 15 is 0 Å². The van der Waals surface area contributed by atoms with E-state index in [4.69, 9.17) is 11.6 Å². The van der Waals surface area contributed by atoms with Crippen molar-refractivity contribution in [2.75, 3.05) is 6.54 Å². The van der Waals surface area contributed by atoms with Crippen LogP contribution in [0.1, 0.15) is 28.1 Å². The zero-order valence-electron chi connectivity index (χ0n) is 14.5. The molecular weight excluding hydrogens is 384 g/mol. The van der Waals surface area contributed by atoms with Gasteiger partial charge < -0.3 is 10.6 Å². The number of hydrogen-bond donors (Lipinski definition) is 2. The molecule has 3 rings (SSSR count). The fourth-order valence-electron chi connectivity index (χ4n) is 2.42. The first-order chi connectivity index (χ1) is 13.1. The van der Waals surface area contributed by atoms with E-state index in [-0.39, 0.29) is 11.8 Å². The molecule has 0 saturated carbocycles. The van der Waals surface area contributed by atoms with Crippen molar-refractivity contribution in [1.29, 1.82) is 0 Å². The van der Waals surface area contributed by atoms with Crippen LogP contribution in [0.5, 0.6) is 0 Å². The lowest BCUT2D eigenvalue weighted by Crippen LogP contribution is -2.26. The molecule has 0 unspecified atom stereocenters. The number of nitrogens with one attached hydrogen (secondary N) is 2. The summed E-state index contributed by atoms with van der Waals surface area (Å²) >= 11 is 7.28. The number of halogens is 1. The molecule has 3 aromatic rings. The van der Waals surface area contributed by atoms with Crippen molar-refractivity contribution >= 4 is 34.8 Å². The van der Waals surface area contributed by atoms with E-state index in [1.165, 1.54) is 11.3 Å². The lowest BCUT2D eigenvalue weighted by Gasteiger charge is -2.05. The van der Waals surface area contributed by atoms with Crippen LogP contribution in [0.2, 0.25) is 5.02 Å². The van der Waals surface area contributed by atoms with Crippen molar-refractivity contribution in [1.82, 2.24) is 20.4 Å². The maximum Gasteiger partial charge on any atom is 0.261 e. The summed E-state index contributed by atoms with van der Waals surface area (Å²) in [5.74, 6) is -0.153. The smallest absolute Gasteiger partial charge is 0.261 e. The highest BCUT2D eigenvalue weighted by molar-refractivity contribution is 7.12. The first-order valence-electron chi connectivity index (χ1n) is 8.50. The summed E-state index contributed by atoms with van der Waals surface area (Å²) < 4.78 is 1.73. The topological polar surface area (TPSA) is 76.0 Å². The molecule has 0 fully saturated rings. The van der Waals surface area contributed by atoms with Gasteiger partial charge in [0.25, 0.3) is 5.91 Å². The van der Waals surface area contributed by atoms with Crippen molar-refractivity contribution in [2.45, 2.75) is 19.4 Å². The van der Waals surface area contributed by atoms with Gasteiger partial charge in [0.05, 0.1) is 16.8 Å². The maximum atomic E-state index is 11.9. The van der Waals surface area contributed by atoms with Gasteiger partial charge >= 0.3 is 0 Å². The molecule has 0 aliphatic rings. The second-order valence-electron chi connectivity index (χ2n) is 5.88. The van der Waals surface area contributed by atoms with Gasteiger partial charge in [-0.15, -0.1) is 11.3 Å². The monoisotopic (exact) mass is 402 g/mol. The first kappa shape index (κ1) is 19.1. The van der Waals surface area contributed by atoms with Gasteiger partial charge in [0.1, 0.15) is 0 Å². The van der Waals surface area contributed by atoms with Crippen LogP contribution in [-0.4, -0.2) is 28.1 Å². The predicted molar refractivity (Wildman–Crippen MR) is 106 cm³/mol. The molecule has 0 bridgehead atoms. The van der Waals surface area contributed by atoms with Gasteiger partial charge in [-0.05, 0) is 42.1 Å². The van der Waals surface area contributed by atoms with Crippen LogP contribution >= 0.6 is 22.9 Å². The minimum atomic E-state index is -0.0972. The van der Waals surface area contributed by atoms with Crippen LogP contribution in [0.25, 0.3) is 5.69 Å². The Bertz CT molecular complexity index is 891. The van der Waals surface area contributed by atoms with Crippen molar-refractivity contribution in [3.8, 4) is 5.69 Å². The second-order valence-corrected chi connectivity index (χ2v) is 7.27. The number of benzene rings is 1. The molecule has 0 saturated heterocycles. The minimum absolute atomic E-state index is 0.0559. The highest BCUT2D eigenvalue weighted by Crippen LogP contribution is 2.13. The van der Waals surface area contributed by atoms with Crippen LogP contribution in [0, 0.1) is 0 Å². The number of hydrogen-bond acceptors (Lipinski definition) is 4. The summed E-state index contributed by atoms with van der Waals surface area (Å²) in [5, 5.41) is 12.5. The molecule has 27 heavy (non-hydrogen) atoms. The standard InChI is InChI=1S/C19H19ClN4O2S/c20-15-5-7-16(8-6-15)24-13-14(12-23-24)11-22-18(25)4-1-9-21-19(26)17-3-2-10-27-17/h2-3,5-8,10,12-13H,1,4,9,11H2,(H,21,26)(H,22,25). The van der Waals surface area contributed by atoms with E-state index in [2.05, 4.69) is 15.7 Å². The van der Waals surface area contributed by atoms with Crippen LogP contribution in [0.3, 0.4) is 0 Å². The number of aromatic nitrogens is 2. The molecule has 2 heterocycles. The number of thiophene rings is 1. The Kier molecular flexibility index (Phi) is 6.62. The summed E-state index contributed by atoms with van der Waals surface area (Å²) in [4.78, 5) is 24.4. The molecule has 8 heteroatoms. The van der Waals surface area contributed by atoms with Gasteiger partial charge in [0, 0.05) is 36.3 Å². The molecule has 6 nitrogen and oxygen atoms in total. The summed E-state index contributed by atoms with van der Waals surface area (Å²) in [7, 11) is 0. The normalized spacial score (nSPS) is 10.6. The SMILES string of the molecule is O=C(CCCNC(=O)c1cccs1)NCc1cnn(-c2ccc(Cl)cc2)c1. The van der Waals surface area contributed by atoms with Crippen molar-refractivity contribution in [2.24, 2.45) is 0 Å². The van der Waals surface area contributed by atoms with Crippen LogP contribution < -0.4 is 10.6 Å². The number of rotatable bonds is 8. The predicted octanol–water partition coefficient (Wildman–Crippen LogP) is 3.41. The molecule has 2 aromatic heterocycles. The van der Waals surface area contributed by atoms with Crippen LogP contribution in [-0.2, 0) is 11.3 Å². The molecular formula is C19H19ClN4O2S. The zero-order valence-corrected chi connectivity index (χ0v) is 16.1. The molecule has 2 amide bonds. The molecule has 0 spiro atoms. The summed E-state index contributed by atoms with van der Waals surface area (Å²) in [6, 6.07) is 11.0. The molecule has 0 radical (unpaired) electrons. The van der Waals surface area contributed by atoms with E-state index in [1.807, 2.05) is 29.8 Å². The molecule has 2 N–H and O–H groups in total.